The van der Waals surface area contributed by atoms with Gasteiger partial charge < -0.3 is 53.1 Å². The van der Waals surface area contributed by atoms with Gasteiger partial charge in [-0.2, -0.15) is 0 Å². The molecule has 0 aromatic carbocycles. The number of methoxy groups -OCH3 is 1. The fourth-order valence-corrected chi connectivity index (χ4v) is 11.6. The van der Waals surface area contributed by atoms with E-state index in [1.54, 1.807) is 7.11 Å². The van der Waals surface area contributed by atoms with Crippen LogP contribution < -0.4 is 5.32 Å². The van der Waals surface area contributed by atoms with Gasteiger partial charge in [0.1, 0.15) is 36.3 Å². The number of carbonyl (C=O) groups excluding carboxylic acids is 1. The van der Waals surface area contributed by atoms with Crippen molar-refractivity contribution < 1.29 is 52.5 Å². The molecule has 12 nitrogen and oxygen atoms in total. The van der Waals surface area contributed by atoms with Gasteiger partial charge in [-0.15, -0.1) is 0 Å². The van der Waals surface area contributed by atoms with Gasteiger partial charge in [0, 0.05) is 64.1 Å². The highest BCUT2D eigenvalue weighted by atomic mass is 16.8. The molecule has 0 radical (unpaired) electrons. The lowest BCUT2D eigenvalue weighted by atomic mass is 9.81. The molecule has 55 heavy (non-hydrogen) atoms. The molecular weight excluding hydrogens is 706 g/mol. The first kappa shape index (κ1) is 39.2. The summed E-state index contributed by atoms with van der Waals surface area (Å²) >= 11 is 0. The molecule has 0 aromatic heterocycles. The van der Waals surface area contributed by atoms with E-state index in [1.807, 2.05) is 0 Å². The Morgan fingerprint density at radius 1 is 0.800 bits per heavy atom. The van der Waals surface area contributed by atoms with Crippen LogP contribution in [0.4, 0.5) is 0 Å². The van der Waals surface area contributed by atoms with Gasteiger partial charge in [0.05, 0.1) is 67.1 Å². The predicted molar refractivity (Wildman–Crippen MR) is 200 cm³/mol. The summed E-state index contributed by atoms with van der Waals surface area (Å²) in [5.74, 6) is -0.583. The minimum Gasteiger partial charge on any atom is -0.392 e. The van der Waals surface area contributed by atoms with Crippen molar-refractivity contribution >= 4 is 5.78 Å². The third-order valence-electron chi connectivity index (χ3n) is 14.5. The van der Waals surface area contributed by atoms with Crippen LogP contribution in [0.15, 0.2) is 24.3 Å². The number of fused-ring (bicyclic) bond motifs is 6. The maximum atomic E-state index is 14.2. The maximum Gasteiger partial charge on any atom is 0.172 e. The summed E-state index contributed by atoms with van der Waals surface area (Å²) in [4.78, 5) is 14.2. The van der Waals surface area contributed by atoms with E-state index in [2.05, 4.69) is 39.2 Å². The van der Waals surface area contributed by atoms with Crippen molar-refractivity contribution in [2.24, 2.45) is 11.8 Å². The Kier molecular flexibility index (Phi) is 11.2. The quantitative estimate of drug-likeness (QED) is 0.370. The van der Waals surface area contributed by atoms with E-state index in [0.717, 1.165) is 56.1 Å². The van der Waals surface area contributed by atoms with E-state index in [1.165, 1.54) is 0 Å². The fourth-order valence-electron chi connectivity index (χ4n) is 11.6. The van der Waals surface area contributed by atoms with Gasteiger partial charge >= 0.3 is 0 Å². The molecule has 0 saturated carbocycles. The Balaban J connectivity index is 0.979. The summed E-state index contributed by atoms with van der Waals surface area (Å²) in [5.41, 5.74) is 2.22. The smallest absolute Gasteiger partial charge is 0.172 e. The number of ether oxygens (including phenoxy) is 9. The third kappa shape index (κ3) is 7.70. The third-order valence-corrected chi connectivity index (χ3v) is 14.5. The molecule has 0 amide bonds. The SMILES string of the molecule is C=C1C[C@@H]2CC[C@@]34C[C@H]5O[C@H]6[C@@H](O3)[C@H]3O[C@H](CC[C@@H]3O[C@H]6[C@H]5O4)CC(=O)C[C@@H]3[C@@H](OC)[C@@H](C[C@H](O)CNC(C)C)O[C@H]3C[C@H]3O[C@@H](CC[C@@H]1O2)C[C@@H](C)C3=C. The van der Waals surface area contributed by atoms with Crippen molar-refractivity contribution in [3.8, 4) is 0 Å². The van der Waals surface area contributed by atoms with Gasteiger partial charge in [-0.3, -0.25) is 4.79 Å². The monoisotopic (exact) mass is 771 g/mol. The normalized spacial score (nSPS) is 50.3. The van der Waals surface area contributed by atoms with Crippen molar-refractivity contribution in [3.05, 3.63) is 24.3 Å². The summed E-state index contributed by atoms with van der Waals surface area (Å²) in [5, 5.41) is 14.4. The minimum absolute atomic E-state index is 0.0133. The maximum absolute atomic E-state index is 14.2. The van der Waals surface area contributed by atoms with Gasteiger partial charge in [0.2, 0.25) is 0 Å². The molecule has 0 unspecified atom stereocenters. The molecule has 308 valence electrons. The molecule has 2 N–H and O–H groups in total. The van der Waals surface area contributed by atoms with Crippen LogP contribution in [0.2, 0.25) is 0 Å². The number of aliphatic hydroxyl groups is 1. The van der Waals surface area contributed by atoms with Crippen LogP contribution >= 0.6 is 0 Å². The number of carbonyl (C=O) groups is 1. The topological polar surface area (TPSA) is 132 Å². The second-order valence-electron chi connectivity index (χ2n) is 18.8. The van der Waals surface area contributed by atoms with E-state index in [9.17, 15) is 9.90 Å². The van der Waals surface area contributed by atoms with Gasteiger partial charge in [0.25, 0.3) is 0 Å². The van der Waals surface area contributed by atoms with Gasteiger partial charge in [0.15, 0.2) is 5.79 Å². The Bertz CT molecular complexity index is 1440. The molecule has 19 atom stereocenters. The molecule has 10 fully saturated rings. The molecule has 0 aromatic rings. The summed E-state index contributed by atoms with van der Waals surface area (Å²) in [6, 6.07) is 0.252. The summed E-state index contributed by atoms with van der Waals surface area (Å²) in [6.45, 7) is 15.8. The number of Topliss-reactive ketones (excluding diaryl/α,β-unsaturated/α-hetero) is 1. The molecule has 10 aliphatic rings. The summed E-state index contributed by atoms with van der Waals surface area (Å²) in [7, 11) is 1.69. The fraction of sp³-hybridized carbons (Fsp3) is 0.884. The number of hydrogen-bond acceptors (Lipinski definition) is 12. The molecule has 0 aliphatic carbocycles. The zero-order chi connectivity index (χ0) is 38.2. The summed E-state index contributed by atoms with van der Waals surface area (Å²) < 4.78 is 60.5. The molecule has 1 spiro atoms. The van der Waals surface area contributed by atoms with Crippen LogP contribution in [0.1, 0.15) is 104 Å². The molecule has 10 heterocycles. The molecule has 10 aliphatic heterocycles. The van der Waals surface area contributed by atoms with E-state index in [4.69, 9.17) is 42.6 Å². The van der Waals surface area contributed by atoms with Crippen LogP contribution in [-0.2, 0) is 47.4 Å². The Morgan fingerprint density at radius 2 is 1.55 bits per heavy atom. The van der Waals surface area contributed by atoms with Crippen LogP contribution in [0.3, 0.4) is 0 Å². The highest BCUT2D eigenvalue weighted by Crippen LogP contribution is 2.54. The highest BCUT2D eigenvalue weighted by molar-refractivity contribution is 5.79. The first-order valence-electron chi connectivity index (χ1n) is 21.6. The molecule has 10 rings (SSSR count). The Hall–Kier alpha value is -1.29. The second kappa shape index (κ2) is 15.7. The summed E-state index contributed by atoms with van der Waals surface area (Å²) in [6.07, 6.45) is 5.22. The van der Waals surface area contributed by atoms with Crippen LogP contribution in [-0.4, -0.2) is 134 Å². The predicted octanol–water partition coefficient (Wildman–Crippen LogP) is 4.48. The molecular formula is C43H65NO11. The van der Waals surface area contributed by atoms with E-state index in [0.29, 0.717) is 45.1 Å². The zero-order valence-corrected chi connectivity index (χ0v) is 33.3. The van der Waals surface area contributed by atoms with Crippen molar-refractivity contribution in [2.45, 2.75) is 214 Å². The first-order chi connectivity index (χ1) is 26.5. The molecule has 12 bridgehead atoms. The average Bonchev–Trinajstić information content (AvgIpc) is 3.82. The number of hydrogen-bond donors (Lipinski definition) is 2. The van der Waals surface area contributed by atoms with Crippen LogP contribution in [0.5, 0.6) is 0 Å². The van der Waals surface area contributed by atoms with Gasteiger partial charge in [-0.05, 0) is 62.0 Å². The number of rotatable bonds is 6. The largest absolute Gasteiger partial charge is 0.392 e. The molecule has 12 heteroatoms. The lowest BCUT2D eigenvalue weighted by Gasteiger charge is -2.47. The standard InChI is InChI=1S/C43H65NO11/c1-21(2)44-20-26(46)17-35-37(47-6)30-16-25(45)15-28-8-10-32-38(50-28)42-41-40(52-32)39-36(53-41)19-43(54-39,55-42)12-11-29-14-23(4)31(48-29)9-7-27-13-22(3)24(5)33(49-27)18-34(30)51-35/h21-22,26-42,44,46H,4-5,7-20H2,1-3,6H3/t22-,26+,27+,28-,29+,30+,31+,32+,33-,34+,35-,36-,37-,38+,39+,40+,41-,42+,43+/m1/s1. The van der Waals surface area contributed by atoms with E-state index >= 15 is 0 Å². The zero-order valence-electron chi connectivity index (χ0n) is 33.3. The van der Waals surface area contributed by atoms with Gasteiger partial charge in [-0.1, -0.05) is 33.9 Å². The van der Waals surface area contributed by atoms with Crippen molar-refractivity contribution in [3.63, 3.8) is 0 Å². The minimum atomic E-state index is -0.779. The highest BCUT2D eigenvalue weighted by Gasteiger charge is 2.68. The van der Waals surface area contributed by atoms with Crippen molar-refractivity contribution in [1.29, 1.82) is 0 Å². The number of aliphatic hydroxyl groups excluding tert-OH is 1. The van der Waals surface area contributed by atoms with Gasteiger partial charge in [-0.25, -0.2) is 0 Å². The molecule has 10 saturated heterocycles. The van der Waals surface area contributed by atoms with Crippen LogP contribution in [0.25, 0.3) is 0 Å². The number of ketones is 1. The van der Waals surface area contributed by atoms with Crippen molar-refractivity contribution in [1.82, 2.24) is 5.32 Å². The Labute approximate surface area is 326 Å². The second-order valence-corrected chi connectivity index (χ2v) is 18.8. The average molecular weight is 772 g/mol. The lowest BCUT2D eigenvalue weighted by molar-refractivity contribution is -0.292. The van der Waals surface area contributed by atoms with E-state index < -0.39 is 11.9 Å². The van der Waals surface area contributed by atoms with E-state index in [-0.39, 0.29) is 115 Å². The van der Waals surface area contributed by atoms with Crippen molar-refractivity contribution in [2.75, 3.05) is 13.7 Å². The Morgan fingerprint density at radius 3 is 2.36 bits per heavy atom. The lowest BCUT2D eigenvalue weighted by Crippen LogP contribution is -2.61. The first-order valence-corrected chi connectivity index (χ1v) is 21.6. The number of nitrogens with one attached hydrogen (secondary N) is 1. The van der Waals surface area contributed by atoms with Crippen LogP contribution in [0, 0.1) is 11.8 Å².